The average Bonchev–Trinajstić information content (AvgIpc) is 2.82. The zero-order valence-electron chi connectivity index (χ0n) is 14.3. The van der Waals surface area contributed by atoms with E-state index in [0.717, 1.165) is 24.3 Å². The van der Waals surface area contributed by atoms with Crippen LogP contribution in [0.3, 0.4) is 0 Å². The summed E-state index contributed by atoms with van der Waals surface area (Å²) in [7, 11) is 0. The van der Waals surface area contributed by atoms with Gasteiger partial charge in [-0.15, -0.1) is 0 Å². The molecule has 1 aromatic heterocycles. The molecule has 1 fully saturated rings. The van der Waals surface area contributed by atoms with E-state index in [0.29, 0.717) is 19.2 Å². The van der Waals surface area contributed by atoms with Crippen LogP contribution >= 0.6 is 0 Å². The molecule has 4 nitrogen and oxygen atoms in total. The largest absolute Gasteiger partial charge is 0.382 e. The molecule has 0 bridgehead atoms. The highest BCUT2D eigenvalue weighted by Gasteiger charge is 2.22. The standard InChI is InChI=1S/C18H30N2O2/c1-4-22-12-8-11-19-18(21)17-13-14(2)20(15(17)3)16-9-6-5-7-10-16/h13,16H,4-12H2,1-3H3,(H,19,21). The van der Waals surface area contributed by atoms with Crippen LogP contribution in [0.2, 0.25) is 0 Å². The van der Waals surface area contributed by atoms with Gasteiger partial charge in [0.1, 0.15) is 0 Å². The van der Waals surface area contributed by atoms with E-state index < -0.39 is 0 Å². The van der Waals surface area contributed by atoms with Crippen molar-refractivity contribution in [2.75, 3.05) is 19.8 Å². The van der Waals surface area contributed by atoms with Gasteiger partial charge in [0.15, 0.2) is 0 Å². The summed E-state index contributed by atoms with van der Waals surface area (Å²) in [6.07, 6.45) is 7.31. The second-order valence-corrected chi connectivity index (χ2v) is 6.25. The van der Waals surface area contributed by atoms with Gasteiger partial charge in [0.05, 0.1) is 5.56 Å². The Bertz CT molecular complexity index is 488. The van der Waals surface area contributed by atoms with Crippen LogP contribution in [0.4, 0.5) is 0 Å². The number of nitrogens with one attached hydrogen (secondary N) is 1. The van der Waals surface area contributed by atoms with Crippen molar-refractivity contribution in [2.24, 2.45) is 0 Å². The van der Waals surface area contributed by atoms with Gasteiger partial charge in [-0.25, -0.2) is 0 Å². The fourth-order valence-electron chi connectivity index (χ4n) is 3.52. The number of carbonyl (C=O) groups is 1. The van der Waals surface area contributed by atoms with E-state index in [1.54, 1.807) is 0 Å². The van der Waals surface area contributed by atoms with E-state index in [1.807, 2.05) is 13.0 Å². The van der Waals surface area contributed by atoms with Gasteiger partial charge in [-0.3, -0.25) is 4.79 Å². The van der Waals surface area contributed by atoms with Gasteiger partial charge in [-0.1, -0.05) is 19.3 Å². The van der Waals surface area contributed by atoms with Crippen molar-refractivity contribution >= 4 is 5.91 Å². The summed E-state index contributed by atoms with van der Waals surface area (Å²) in [5, 5.41) is 3.01. The van der Waals surface area contributed by atoms with Crippen molar-refractivity contribution in [1.82, 2.24) is 9.88 Å². The molecule has 1 aliphatic rings. The molecule has 0 unspecified atom stereocenters. The Morgan fingerprint density at radius 1 is 1.32 bits per heavy atom. The summed E-state index contributed by atoms with van der Waals surface area (Å²) in [6.45, 7) is 8.29. The lowest BCUT2D eigenvalue weighted by Gasteiger charge is -2.26. The molecule has 1 heterocycles. The summed E-state index contributed by atoms with van der Waals surface area (Å²) in [5.41, 5.74) is 3.16. The predicted molar refractivity (Wildman–Crippen MR) is 89.5 cm³/mol. The number of carbonyl (C=O) groups excluding carboxylic acids is 1. The summed E-state index contributed by atoms with van der Waals surface area (Å²) >= 11 is 0. The number of amides is 1. The molecule has 0 spiro atoms. The fraction of sp³-hybridized carbons (Fsp3) is 0.722. The molecule has 0 aromatic carbocycles. The molecular formula is C18H30N2O2. The SMILES string of the molecule is CCOCCCNC(=O)c1cc(C)n(C2CCCCC2)c1C. The molecule has 124 valence electrons. The Morgan fingerprint density at radius 2 is 2.05 bits per heavy atom. The van der Waals surface area contributed by atoms with Gasteiger partial charge in [-0.2, -0.15) is 0 Å². The van der Waals surface area contributed by atoms with Crippen molar-refractivity contribution < 1.29 is 9.53 Å². The number of ether oxygens (including phenoxy) is 1. The molecule has 0 radical (unpaired) electrons. The lowest BCUT2D eigenvalue weighted by molar-refractivity contribution is 0.0943. The van der Waals surface area contributed by atoms with Gasteiger partial charge in [-0.05, 0) is 46.1 Å². The zero-order valence-corrected chi connectivity index (χ0v) is 14.3. The second-order valence-electron chi connectivity index (χ2n) is 6.25. The smallest absolute Gasteiger partial charge is 0.253 e. The van der Waals surface area contributed by atoms with Crippen molar-refractivity contribution in [3.63, 3.8) is 0 Å². The van der Waals surface area contributed by atoms with Crippen LogP contribution in [-0.2, 0) is 4.74 Å². The molecular weight excluding hydrogens is 276 g/mol. The third-order valence-corrected chi connectivity index (χ3v) is 4.62. The lowest BCUT2D eigenvalue weighted by Crippen LogP contribution is -2.26. The summed E-state index contributed by atoms with van der Waals surface area (Å²) in [4.78, 5) is 12.4. The Kier molecular flexibility index (Phi) is 6.49. The number of aryl methyl sites for hydroxylation is 1. The van der Waals surface area contributed by atoms with Gasteiger partial charge in [0.25, 0.3) is 5.91 Å². The lowest BCUT2D eigenvalue weighted by atomic mass is 9.95. The quantitative estimate of drug-likeness (QED) is 0.779. The van der Waals surface area contributed by atoms with Crippen molar-refractivity contribution in [3.05, 3.63) is 23.0 Å². The van der Waals surface area contributed by atoms with Crippen LogP contribution < -0.4 is 5.32 Å². The number of rotatable bonds is 7. The minimum Gasteiger partial charge on any atom is -0.382 e. The van der Waals surface area contributed by atoms with E-state index in [1.165, 1.54) is 37.8 Å². The van der Waals surface area contributed by atoms with Crippen LogP contribution in [0.1, 0.15) is 73.2 Å². The highest BCUT2D eigenvalue weighted by atomic mass is 16.5. The average molecular weight is 306 g/mol. The highest BCUT2D eigenvalue weighted by molar-refractivity contribution is 5.95. The third kappa shape index (κ3) is 4.13. The number of nitrogens with zero attached hydrogens (tertiary/aromatic N) is 1. The van der Waals surface area contributed by atoms with Gasteiger partial charge in [0, 0.05) is 37.2 Å². The molecule has 1 N–H and O–H groups in total. The normalized spacial score (nSPS) is 16.0. The van der Waals surface area contributed by atoms with Crippen LogP contribution in [0, 0.1) is 13.8 Å². The number of hydrogen-bond donors (Lipinski definition) is 1. The molecule has 4 heteroatoms. The van der Waals surface area contributed by atoms with E-state index in [2.05, 4.69) is 23.7 Å². The van der Waals surface area contributed by atoms with E-state index >= 15 is 0 Å². The monoisotopic (exact) mass is 306 g/mol. The van der Waals surface area contributed by atoms with Crippen molar-refractivity contribution in [3.8, 4) is 0 Å². The number of hydrogen-bond acceptors (Lipinski definition) is 2. The van der Waals surface area contributed by atoms with Gasteiger partial charge < -0.3 is 14.6 Å². The van der Waals surface area contributed by atoms with E-state index in [9.17, 15) is 4.79 Å². The first-order chi connectivity index (χ1) is 10.6. The molecule has 1 saturated carbocycles. The minimum atomic E-state index is 0.0478. The Morgan fingerprint density at radius 3 is 2.73 bits per heavy atom. The molecule has 1 amide bonds. The van der Waals surface area contributed by atoms with Crippen LogP contribution in [-0.4, -0.2) is 30.2 Å². The summed E-state index contributed by atoms with van der Waals surface area (Å²) in [6, 6.07) is 2.62. The molecule has 2 rings (SSSR count). The minimum absolute atomic E-state index is 0.0478. The maximum Gasteiger partial charge on any atom is 0.253 e. The Hall–Kier alpha value is -1.29. The fourth-order valence-corrected chi connectivity index (χ4v) is 3.52. The maximum atomic E-state index is 12.4. The van der Waals surface area contributed by atoms with E-state index in [-0.39, 0.29) is 5.91 Å². The first kappa shape index (κ1) is 17.1. The molecule has 1 aliphatic carbocycles. The van der Waals surface area contributed by atoms with E-state index in [4.69, 9.17) is 4.74 Å². The van der Waals surface area contributed by atoms with Crippen LogP contribution in [0.5, 0.6) is 0 Å². The predicted octanol–water partition coefficient (Wildman–Crippen LogP) is 3.77. The Balaban J connectivity index is 1.97. The first-order valence-corrected chi connectivity index (χ1v) is 8.69. The third-order valence-electron chi connectivity index (χ3n) is 4.62. The zero-order chi connectivity index (χ0) is 15.9. The molecule has 1 aromatic rings. The first-order valence-electron chi connectivity index (χ1n) is 8.69. The van der Waals surface area contributed by atoms with Crippen LogP contribution in [0.15, 0.2) is 6.07 Å². The van der Waals surface area contributed by atoms with Crippen LogP contribution in [0.25, 0.3) is 0 Å². The van der Waals surface area contributed by atoms with Gasteiger partial charge >= 0.3 is 0 Å². The number of aromatic nitrogens is 1. The topological polar surface area (TPSA) is 43.3 Å². The summed E-state index contributed by atoms with van der Waals surface area (Å²) < 4.78 is 7.68. The maximum absolute atomic E-state index is 12.4. The molecule has 0 aliphatic heterocycles. The molecule has 0 saturated heterocycles. The molecule has 0 atom stereocenters. The van der Waals surface area contributed by atoms with Gasteiger partial charge in [0.2, 0.25) is 0 Å². The highest BCUT2D eigenvalue weighted by Crippen LogP contribution is 2.32. The molecule has 22 heavy (non-hydrogen) atoms. The Labute approximate surface area is 134 Å². The summed E-state index contributed by atoms with van der Waals surface area (Å²) in [5.74, 6) is 0.0478. The second kappa shape index (κ2) is 8.37. The van der Waals surface area contributed by atoms with Crippen molar-refractivity contribution in [2.45, 2.75) is 65.3 Å². The van der Waals surface area contributed by atoms with Crippen molar-refractivity contribution in [1.29, 1.82) is 0 Å².